The zero-order chi connectivity index (χ0) is 23.5. The minimum absolute atomic E-state index is 0.000601. The van der Waals surface area contributed by atoms with Gasteiger partial charge in [-0.3, -0.25) is 9.78 Å². The monoisotopic (exact) mass is 480 g/mol. The SMILES string of the molecule is COc1ccc2nccc([C@@H](O)CN3CCC(NCc4ccc5c(n4)NC(=O)CS5)CC3)c2n1. The Hall–Kier alpha value is -2.79. The molecule has 178 valence electrons. The van der Waals surface area contributed by atoms with Crippen LogP contribution < -0.4 is 15.4 Å². The van der Waals surface area contributed by atoms with Crippen molar-refractivity contribution in [2.75, 3.05) is 37.8 Å². The van der Waals surface area contributed by atoms with Crippen LogP contribution in [0.15, 0.2) is 41.4 Å². The summed E-state index contributed by atoms with van der Waals surface area (Å²) in [5.41, 5.74) is 3.12. The lowest BCUT2D eigenvalue weighted by molar-refractivity contribution is -0.113. The summed E-state index contributed by atoms with van der Waals surface area (Å²) in [6, 6.07) is 9.91. The van der Waals surface area contributed by atoms with Gasteiger partial charge in [-0.25, -0.2) is 9.97 Å². The van der Waals surface area contributed by atoms with Crippen LogP contribution in [-0.2, 0) is 11.3 Å². The number of hydrogen-bond donors (Lipinski definition) is 3. The average Bonchev–Trinajstić information content (AvgIpc) is 2.87. The van der Waals surface area contributed by atoms with E-state index in [1.165, 1.54) is 11.8 Å². The van der Waals surface area contributed by atoms with Gasteiger partial charge in [0.25, 0.3) is 0 Å². The smallest absolute Gasteiger partial charge is 0.235 e. The van der Waals surface area contributed by atoms with Gasteiger partial charge in [-0.05, 0) is 50.2 Å². The van der Waals surface area contributed by atoms with E-state index in [2.05, 4.69) is 30.5 Å². The van der Waals surface area contributed by atoms with E-state index in [1.54, 1.807) is 19.4 Å². The molecule has 1 atom stereocenters. The number of nitrogens with zero attached hydrogens (tertiary/aromatic N) is 4. The van der Waals surface area contributed by atoms with Crippen molar-refractivity contribution in [1.82, 2.24) is 25.2 Å². The normalized spacial score (nSPS) is 17.9. The summed E-state index contributed by atoms with van der Waals surface area (Å²) < 4.78 is 5.24. The zero-order valence-electron chi connectivity index (χ0n) is 19.0. The molecule has 0 unspecified atom stereocenters. The second-order valence-corrected chi connectivity index (χ2v) is 9.60. The largest absolute Gasteiger partial charge is 0.481 e. The van der Waals surface area contributed by atoms with Crippen molar-refractivity contribution in [2.24, 2.45) is 0 Å². The summed E-state index contributed by atoms with van der Waals surface area (Å²) in [4.78, 5) is 28.4. The van der Waals surface area contributed by atoms with Gasteiger partial charge < -0.3 is 25.4 Å². The molecule has 5 heterocycles. The molecule has 0 aromatic carbocycles. The number of aliphatic hydroxyl groups is 1. The molecule has 3 aromatic rings. The minimum Gasteiger partial charge on any atom is -0.481 e. The van der Waals surface area contributed by atoms with Crippen molar-refractivity contribution < 1.29 is 14.6 Å². The number of β-amino-alcohol motifs (C(OH)–C–C–N with tert-alkyl or cyclic N) is 1. The van der Waals surface area contributed by atoms with Crippen molar-refractivity contribution >= 4 is 34.5 Å². The number of amides is 1. The Balaban J connectivity index is 1.14. The lowest BCUT2D eigenvalue weighted by Gasteiger charge is -2.33. The highest BCUT2D eigenvalue weighted by atomic mass is 32.2. The Labute approximate surface area is 202 Å². The maximum Gasteiger partial charge on any atom is 0.235 e. The van der Waals surface area contributed by atoms with Crippen molar-refractivity contribution in [3.05, 3.63) is 47.8 Å². The molecule has 1 amide bonds. The van der Waals surface area contributed by atoms with Crippen molar-refractivity contribution in [2.45, 2.75) is 36.4 Å². The van der Waals surface area contributed by atoms with Crippen LogP contribution in [0.3, 0.4) is 0 Å². The summed E-state index contributed by atoms with van der Waals surface area (Å²) in [5.74, 6) is 1.62. The van der Waals surface area contributed by atoms with Gasteiger partial charge in [-0.1, -0.05) is 0 Å². The molecule has 0 radical (unpaired) electrons. The van der Waals surface area contributed by atoms with Crippen LogP contribution in [0.5, 0.6) is 5.88 Å². The van der Waals surface area contributed by atoms with Gasteiger partial charge in [0, 0.05) is 37.0 Å². The summed E-state index contributed by atoms with van der Waals surface area (Å²) in [6.07, 6.45) is 3.05. The van der Waals surface area contributed by atoms with Gasteiger partial charge in [-0.2, -0.15) is 0 Å². The Bertz CT molecular complexity index is 1180. The molecule has 34 heavy (non-hydrogen) atoms. The summed E-state index contributed by atoms with van der Waals surface area (Å²) >= 11 is 1.52. The van der Waals surface area contributed by atoms with E-state index >= 15 is 0 Å². The van der Waals surface area contributed by atoms with Crippen LogP contribution in [0.1, 0.15) is 30.2 Å². The van der Waals surface area contributed by atoms with Crippen LogP contribution in [0, 0.1) is 0 Å². The number of thioether (sulfide) groups is 1. The molecule has 3 aromatic heterocycles. The van der Waals surface area contributed by atoms with Crippen molar-refractivity contribution in [3.63, 3.8) is 0 Å². The number of aliphatic hydroxyl groups excluding tert-OH is 1. The van der Waals surface area contributed by atoms with Crippen molar-refractivity contribution in [1.29, 1.82) is 0 Å². The van der Waals surface area contributed by atoms with E-state index in [0.717, 1.165) is 47.6 Å². The van der Waals surface area contributed by atoms with Gasteiger partial charge in [0.1, 0.15) is 5.82 Å². The fourth-order valence-corrected chi connectivity index (χ4v) is 5.18. The molecule has 9 nitrogen and oxygen atoms in total. The van der Waals surface area contributed by atoms with Crippen molar-refractivity contribution in [3.8, 4) is 5.88 Å². The van der Waals surface area contributed by atoms with Crippen LogP contribution >= 0.6 is 11.8 Å². The molecule has 2 aliphatic rings. The number of hydrogen-bond acceptors (Lipinski definition) is 9. The van der Waals surface area contributed by atoms with Gasteiger partial charge in [0.2, 0.25) is 11.8 Å². The Kier molecular flexibility index (Phi) is 6.91. The fraction of sp³-hybridized carbons (Fsp3) is 0.417. The number of anilines is 1. The molecule has 0 saturated carbocycles. The minimum atomic E-state index is -0.651. The molecule has 5 rings (SSSR count). The molecule has 1 saturated heterocycles. The predicted molar refractivity (Wildman–Crippen MR) is 131 cm³/mol. The first-order valence-corrected chi connectivity index (χ1v) is 12.4. The van der Waals surface area contributed by atoms with E-state index in [9.17, 15) is 9.90 Å². The number of nitrogens with one attached hydrogen (secondary N) is 2. The highest BCUT2D eigenvalue weighted by Crippen LogP contribution is 2.30. The summed E-state index contributed by atoms with van der Waals surface area (Å²) in [6.45, 7) is 3.02. The first-order chi connectivity index (χ1) is 16.6. The number of carbonyl (C=O) groups excluding carboxylic acids is 1. The Morgan fingerprint density at radius 2 is 2.09 bits per heavy atom. The third-order valence-corrected chi connectivity index (χ3v) is 7.33. The lowest BCUT2D eigenvalue weighted by Crippen LogP contribution is -2.43. The van der Waals surface area contributed by atoms with E-state index in [0.29, 0.717) is 42.1 Å². The van der Waals surface area contributed by atoms with Gasteiger partial charge in [0.05, 0.1) is 40.6 Å². The number of aromatic nitrogens is 3. The van der Waals surface area contributed by atoms with Crippen LogP contribution in [0.4, 0.5) is 5.82 Å². The van der Waals surface area contributed by atoms with E-state index < -0.39 is 6.10 Å². The molecule has 2 aliphatic heterocycles. The number of carbonyl (C=O) groups is 1. The first kappa shape index (κ1) is 23.0. The molecule has 0 bridgehead atoms. The third-order valence-electron chi connectivity index (χ3n) is 6.28. The Morgan fingerprint density at radius 3 is 2.91 bits per heavy atom. The number of piperidine rings is 1. The number of rotatable bonds is 7. The van der Waals surface area contributed by atoms with Gasteiger partial charge in [-0.15, -0.1) is 11.8 Å². The number of likely N-dealkylation sites (tertiary alicyclic amines) is 1. The van der Waals surface area contributed by atoms with Crippen LogP contribution in [0.2, 0.25) is 0 Å². The van der Waals surface area contributed by atoms with Crippen LogP contribution in [0.25, 0.3) is 11.0 Å². The number of fused-ring (bicyclic) bond motifs is 2. The van der Waals surface area contributed by atoms with Gasteiger partial charge >= 0.3 is 0 Å². The Morgan fingerprint density at radius 1 is 1.24 bits per heavy atom. The maximum absolute atomic E-state index is 11.6. The second kappa shape index (κ2) is 10.2. The standard InChI is InChI=1S/C24H28N6O3S/c1-33-22-5-3-18-23(29-22)17(6-9-25-18)19(31)13-30-10-7-15(8-11-30)26-12-16-2-4-20-24(27-16)28-21(32)14-34-20/h2-6,9,15,19,26,31H,7-8,10-14H2,1H3,(H,27,28,32)/t19-/m0/s1. The third kappa shape index (κ3) is 5.15. The quantitative estimate of drug-likeness (QED) is 0.469. The first-order valence-electron chi connectivity index (χ1n) is 11.4. The second-order valence-electron chi connectivity index (χ2n) is 8.58. The molecular formula is C24H28N6O3S. The molecule has 0 aliphatic carbocycles. The summed E-state index contributed by atoms with van der Waals surface area (Å²) in [7, 11) is 1.58. The number of methoxy groups -OCH3 is 1. The van der Waals surface area contributed by atoms with E-state index in [1.807, 2.05) is 24.3 Å². The topological polar surface area (TPSA) is 113 Å². The zero-order valence-corrected chi connectivity index (χ0v) is 19.8. The van der Waals surface area contributed by atoms with E-state index in [4.69, 9.17) is 4.74 Å². The number of ether oxygens (including phenoxy) is 1. The average molecular weight is 481 g/mol. The highest BCUT2D eigenvalue weighted by molar-refractivity contribution is 8.00. The predicted octanol–water partition coefficient (Wildman–Crippen LogP) is 2.37. The van der Waals surface area contributed by atoms with Crippen LogP contribution in [-0.4, -0.2) is 69.4 Å². The molecule has 0 spiro atoms. The number of pyridine rings is 3. The van der Waals surface area contributed by atoms with E-state index in [-0.39, 0.29) is 5.91 Å². The lowest BCUT2D eigenvalue weighted by atomic mass is 10.0. The molecule has 3 N–H and O–H groups in total. The molecular weight excluding hydrogens is 452 g/mol. The molecule has 1 fully saturated rings. The highest BCUT2D eigenvalue weighted by Gasteiger charge is 2.23. The summed E-state index contributed by atoms with van der Waals surface area (Å²) in [5, 5.41) is 17.4. The van der Waals surface area contributed by atoms with Gasteiger partial charge in [0.15, 0.2) is 0 Å². The maximum atomic E-state index is 11.6. The molecule has 10 heteroatoms. The fourth-order valence-electron chi connectivity index (χ4n) is 4.42.